The Balaban J connectivity index is 2.93. The van der Waals surface area contributed by atoms with Crippen LogP contribution in [0.5, 0.6) is 5.75 Å². The summed E-state index contributed by atoms with van der Waals surface area (Å²) >= 11 is 0. The van der Waals surface area contributed by atoms with Gasteiger partial charge in [0.1, 0.15) is 6.10 Å². The molecule has 104 valence electrons. The van der Waals surface area contributed by atoms with Crippen LogP contribution in [-0.4, -0.2) is 44.4 Å². The predicted octanol–water partition coefficient (Wildman–Crippen LogP) is -0.347. The van der Waals surface area contributed by atoms with Crippen molar-refractivity contribution in [3.05, 3.63) is 27.9 Å². The largest absolute Gasteiger partial charge is 0.501 e. The summed E-state index contributed by atoms with van der Waals surface area (Å²) in [6, 6.07) is 2.07. The van der Waals surface area contributed by atoms with Gasteiger partial charge in [-0.1, -0.05) is 0 Å². The number of aromatic nitrogens is 1. The molecule has 0 amide bonds. The minimum absolute atomic E-state index is 0.235. The van der Waals surface area contributed by atoms with Crippen molar-refractivity contribution in [2.45, 2.75) is 18.6 Å². The number of aliphatic hydroxyl groups excluding tert-OH is 2. The second-order valence-corrected chi connectivity index (χ2v) is 3.63. The van der Waals surface area contributed by atoms with Crippen molar-refractivity contribution >= 4 is 11.8 Å². The summed E-state index contributed by atoms with van der Waals surface area (Å²) in [5.41, 5.74) is -0.235. The molecule has 1 aromatic heterocycles. The number of carbonyl (C=O) groups is 1. The first-order valence-corrected chi connectivity index (χ1v) is 5.14. The maximum atomic E-state index is 10.9. The lowest BCUT2D eigenvalue weighted by Crippen LogP contribution is -2.23. The summed E-state index contributed by atoms with van der Waals surface area (Å²) < 4.78 is 4.31. The van der Waals surface area contributed by atoms with E-state index in [4.69, 9.17) is 0 Å². The fourth-order valence-electron chi connectivity index (χ4n) is 1.32. The standard InChI is InChI=1S/C10H12N2O7/c1-19-8(15)4-7(14)9(16)5-2-3-6(13)10(11-5)12(17)18/h2-3,7,9,13-14,16H,4H2,1H3. The Bertz CT molecular complexity index is 491. The average Bonchev–Trinajstić information content (AvgIpc) is 2.37. The van der Waals surface area contributed by atoms with Crippen molar-refractivity contribution in [2.24, 2.45) is 0 Å². The lowest BCUT2D eigenvalue weighted by atomic mass is 10.1. The minimum atomic E-state index is -1.61. The van der Waals surface area contributed by atoms with E-state index in [2.05, 4.69) is 9.72 Å². The number of methoxy groups -OCH3 is 1. The first-order chi connectivity index (χ1) is 8.86. The number of carbonyl (C=O) groups excluding carboxylic acids is 1. The topological polar surface area (TPSA) is 143 Å². The van der Waals surface area contributed by atoms with E-state index in [1.807, 2.05) is 0 Å². The number of pyridine rings is 1. The summed E-state index contributed by atoms with van der Waals surface area (Å²) in [4.78, 5) is 24.0. The lowest BCUT2D eigenvalue weighted by Gasteiger charge is -2.13. The number of rotatable bonds is 5. The first kappa shape index (κ1) is 14.8. The molecule has 0 bridgehead atoms. The molecular formula is C10H12N2O7. The average molecular weight is 272 g/mol. The quantitative estimate of drug-likeness (QED) is 0.375. The predicted molar refractivity (Wildman–Crippen MR) is 60.2 cm³/mol. The van der Waals surface area contributed by atoms with Crippen LogP contribution < -0.4 is 0 Å². The number of nitro groups is 1. The molecule has 0 fully saturated rings. The Hall–Kier alpha value is -2.26. The van der Waals surface area contributed by atoms with Gasteiger partial charge in [-0.2, -0.15) is 0 Å². The SMILES string of the molecule is COC(=O)CC(O)C(O)c1ccc(O)c([N+](=O)[O-])n1. The number of ether oxygens (including phenoxy) is 1. The Kier molecular flexibility index (Phi) is 4.73. The van der Waals surface area contributed by atoms with E-state index in [0.717, 1.165) is 19.2 Å². The molecular weight excluding hydrogens is 260 g/mol. The number of aliphatic hydroxyl groups is 2. The zero-order valence-electron chi connectivity index (χ0n) is 9.89. The molecule has 1 heterocycles. The second-order valence-electron chi connectivity index (χ2n) is 3.63. The van der Waals surface area contributed by atoms with Crippen molar-refractivity contribution in [2.75, 3.05) is 7.11 Å². The van der Waals surface area contributed by atoms with Gasteiger partial charge in [-0.3, -0.25) is 4.79 Å². The normalized spacial score (nSPS) is 13.6. The van der Waals surface area contributed by atoms with Crippen LogP contribution in [0.2, 0.25) is 0 Å². The van der Waals surface area contributed by atoms with E-state index < -0.39 is 41.1 Å². The summed E-state index contributed by atoms with van der Waals surface area (Å²) in [5.74, 6) is -2.26. The van der Waals surface area contributed by atoms with E-state index in [-0.39, 0.29) is 5.69 Å². The molecule has 19 heavy (non-hydrogen) atoms. The van der Waals surface area contributed by atoms with Crippen LogP contribution in [0, 0.1) is 10.1 Å². The maximum absolute atomic E-state index is 10.9. The van der Waals surface area contributed by atoms with Crippen LogP contribution in [0.3, 0.4) is 0 Å². The molecule has 3 N–H and O–H groups in total. The van der Waals surface area contributed by atoms with E-state index in [9.17, 15) is 30.2 Å². The Morgan fingerprint density at radius 3 is 2.68 bits per heavy atom. The molecule has 2 atom stereocenters. The van der Waals surface area contributed by atoms with Crippen molar-refractivity contribution in [3.8, 4) is 5.75 Å². The number of aromatic hydroxyl groups is 1. The van der Waals surface area contributed by atoms with Crippen molar-refractivity contribution < 1.29 is 29.8 Å². The first-order valence-electron chi connectivity index (χ1n) is 5.14. The summed E-state index contributed by atoms with van der Waals surface area (Å²) in [7, 11) is 1.12. The number of esters is 1. The molecule has 0 saturated carbocycles. The Morgan fingerprint density at radius 2 is 2.16 bits per heavy atom. The van der Waals surface area contributed by atoms with Gasteiger partial charge in [-0.25, -0.2) is 0 Å². The highest BCUT2D eigenvalue weighted by molar-refractivity contribution is 5.69. The highest BCUT2D eigenvalue weighted by atomic mass is 16.6. The van der Waals surface area contributed by atoms with Gasteiger partial charge in [-0.15, -0.1) is 0 Å². The highest BCUT2D eigenvalue weighted by Crippen LogP contribution is 2.26. The third-order valence-electron chi connectivity index (χ3n) is 2.32. The minimum Gasteiger partial charge on any atom is -0.501 e. The second kappa shape index (κ2) is 6.07. The summed E-state index contributed by atoms with van der Waals surface area (Å²) in [6.07, 6.45) is -3.63. The molecule has 9 nitrogen and oxygen atoms in total. The van der Waals surface area contributed by atoms with E-state index in [1.165, 1.54) is 0 Å². The van der Waals surface area contributed by atoms with Gasteiger partial charge in [0, 0.05) is 0 Å². The third kappa shape index (κ3) is 3.60. The van der Waals surface area contributed by atoms with Crippen LogP contribution in [0.4, 0.5) is 5.82 Å². The molecule has 1 aromatic rings. The van der Waals surface area contributed by atoms with Gasteiger partial charge in [0.05, 0.1) is 19.6 Å². The summed E-state index contributed by atoms with van der Waals surface area (Å²) in [6.45, 7) is 0. The van der Waals surface area contributed by atoms with E-state index >= 15 is 0 Å². The van der Waals surface area contributed by atoms with Crippen molar-refractivity contribution in [3.63, 3.8) is 0 Å². The highest BCUT2D eigenvalue weighted by Gasteiger charge is 2.28. The molecule has 0 aliphatic heterocycles. The van der Waals surface area contributed by atoms with Gasteiger partial charge in [0.2, 0.25) is 5.75 Å². The number of hydrogen-bond acceptors (Lipinski definition) is 8. The smallest absolute Gasteiger partial charge is 0.406 e. The molecule has 0 aromatic carbocycles. The zero-order chi connectivity index (χ0) is 14.6. The van der Waals surface area contributed by atoms with Gasteiger partial charge in [0.15, 0.2) is 5.69 Å². The molecule has 0 saturated heterocycles. The van der Waals surface area contributed by atoms with Gasteiger partial charge in [0.25, 0.3) is 0 Å². The van der Waals surface area contributed by atoms with Crippen molar-refractivity contribution in [1.82, 2.24) is 4.98 Å². The van der Waals surface area contributed by atoms with Gasteiger partial charge < -0.3 is 30.2 Å². The molecule has 0 aliphatic rings. The fourth-order valence-corrected chi connectivity index (χ4v) is 1.32. The van der Waals surface area contributed by atoms with Gasteiger partial charge >= 0.3 is 11.8 Å². The van der Waals surface area contributed by atoms with Crippen molar-refractivity contribution in [1.29, 1.82) is 0 Å². The zero-order valence-corrected chi connectivity index (χ0v) is 9.89. The Labute approximate surface area is 107 Å². The number of nitrogens with zero attached hydrogens (tertiary/aromatic N) is 2. The number of hydrogen-bond donors (Lipinski definition) is 3. The fraction of sp³-hybridized carbons (Fsp3) is 0.400. The molecule has 0 radical (unpaired) electrons. The monoisotopic (exact) mass is 272 g/mol. The molecule has 0 aliphatic carbocycles. The summed E-state index contributed by atoms with van der Waals surface area (Å²) in [5, 5.41) is 39.0. The van der Waals surface area contributed by atoms with Crippen LogP contribution in [-0.2, 0) is 9.53 Å². The van der Waals surface area contributed by atoms with Gasteiger partial charge in [-0.05, 0) is 22.0 Å². The maximum Gasteiger partial charge on any atom is 0.406 e. The third-order valence-corrected chi connectivity index (χ3v) is 2.32. The molecule has 0 spiro atoms. The van der Waals surface area contributed by atoms with E-state index in [0.29, 0.717) is 0 Å². The van der Waals surface area contributed by atoms with Crippen LogP contribution >= 0.6 is 0 Å². The van der Waals surface area contributed by atoms with Crippen LogP contribution in [0.15, 0.2) is 12.1 Å². The molecule has 1 rings (SSSR count). The Morgan fingerprint density at radius 1 is 1.53 bits per heavy atom. The molecule has 9 heteroatoms. The van der Waals surface area contributed by atoms with Crippen LogP contribution in [0.25, 0.3) is 0 Å². The van der Waals surface area contributed by atoms with Crippen LogP contribution in [0.1, 0.15) is 18.2 Å². The molecule has 2 unspecified atom stereocenters. The lowest BCUT2D eigenvalue weighted by molar-refractivity contribution is -0.390. The van der Waals surface area contributed by atoms with E-state index in [1.54, 1.807) is 0 Å².